The minimum Gasteiger partial charge on any atom is -0.389 e. The fourth-order valence-electron chi connectivity index (χ4n) is 2.09. The minimum atomic E-state index is 0.775. The third kappa shape index (κ3) is 2.24. The molecule has 1 aliphatic rings. The van der Waals surface area contributed by atoms with E-state index < -0.39 is 0 Å². The smallest absolute Gasteiger partial charge is 0.187 e. The number of thiazole rings is 1. The Morgan fingerprint density at radius 3 is 2.44 bits per heavy atom. The molecule has 1 saturated heterocycles. The van der Waals surface area contributed by atoms with Crippen molar-refractivity contribution in [3.63, 3.8) is 0 Å². The highest BCUT2D eigenvalue weighted by Crippen LogP contribution is 2.25. The van der Waals surface area contributed by atoms with Crippen molar-refractivity contribution in [3.05, 3.63) is 30.6 Å². The largest absolute Gasteiger partial charge is 0.389 e. The van der Waals surface area contributed by atoms with Crippen LogP contribution in [0.15, 0.2) is 30.6 Å². The second-order valence-corrected chi connectivity index (χ2v) is 5.25. The van der Waals surface area contributed by atoms with Crippen LogP contribution >= 0.6 is 11.3 Å². The summed E-state index contributed by atoms with van der Waals surface area (Å²) in [6.07, 6.45) is 3.56. The number of hydrogen-bond donors (Lipinski definition) is 1. The quantitative estimate of drug-likeness (QED) is 0.886. The molecule has 2 N–H and O–H groups in total. The molecule has 0 aliphatic carbocycles. The Morgan fingerprint density at radius 1 is 1.06 bits per heavy atom. The molecule has 0 unspecified atom stereocenters. The number of hydrogen-bond acceptors (Lipinski definition) is 6. The lowest BCUT2D eigenvalue weighted by molar-refractivity contribution is 0.646. The second-order valence-electron chi connectivity index (χ2n) is 4.21. The number of pyridine rings is 1. The van der Waals surface area contributed by atoms with Gasteiger partial charge in [-0.05, 0) is 12.1 Å². The van der Waals surface area contributed by atoms with Gasteiger partial charge in [-0.3, -0.25) is 0 Å². The Kier molecular flexibility index (Phi) is 3.02. The van der Waals surface area contributed by atoms with Crippen LogP contribution in [-0.2, 0) is 0 Å². The lowest BCUT2D eigenvalue weighted by Crippen LogP contribution is -2.46. The Morgan fingerprint density at radius 2 is 1.83 bits per heavy atom. The summed E-state index contributed by atoms with van der Waals surface area (Å²) in [6.45, 7) is 3.86. The van der Waals surface area contributed by atoms with Crippen LogP contribution in [0.4, 0.5) is 16.0 Å². The van der Waals surface area contributed by atoms with Crippen molar-refractivity contribution in [3.8, 4) is 0 Å². The van der Waals surface area contributed by atoms with E-state index in [0.717, 1.165) is 42.1 Å². The van der Waals surface area contributed by atoms with Gasteiger partial charge >= 0.3 is 0 Å². The third-order valence-electron chi connectivity index (χ3n) is 3.03. The highest BCUT2D eigenvalue weighted by atomic mass is 32.1. The molecule has 0 bridgehead atoms. The second kappa shape index (κ2) is 4.81. The van der Waals surface area contributed by atoms with Crippen LogP contribution in [0, 0.1) is 0 Å². The standard InChI is InChI=1S/C12H15N5S/c13-10-9-15-12(18-10)17-7-5-16(6-8-17)11-3-1-2-4-14-11/h1-4,9H,5-8,13H2. The molecule has 0 spiro atoms. The van der Waals surface area contributed by atoms with Gasteiger partial charge in [0.2, 0.25) is 0 Å². The van der Waals surface area contributed by atoms with Gasteiger partial charge in [0, 0.05) is 32.4 Å². The van der Waals surface area contributed by atoms with E-state index in [1.807, 2.05) is 18.3 Å². The zero-order valence-electron chi connectivity index (χ0n) is 9.99. The van der Waals surface area contributed by atoms with Crippen LogP contribution in [0.3, 0.4) is 0 Å². The zero-order chi connectivity index (χ0) is 12.4. The van der Waals surface area contributed by atoms with Gasteiger partial charge in [0.05, 0.1) is 6.20 Å². The molecule has 6 heteroatoms. The molecule has 3 rings (SSSR count). The maximum absolute atomic E-state index is 5.71. The molecular formula is C12H15N5S. The van der Waals surface area contributed by atoms with Crippen LogP contribution in [-0.4, -0.2) is 36.1 Å². The van der Waals surface area contributed by atoms with Crippen LogP contribution < -0.4 is 15.5 Å². The van der Waals surface area contributed by atoms with E-state index >= 15 is 0 Å². The number of nitrogens with zero attached hydrogens (tertiary/aromatic N) is 4. The van der Waals surface area contributed by atoms with E-state index in [1.165, 1.54) is 0 Å². The van der Waals surface area contributed by atoms with Gasteiger partial charge in [0.25, 0.3) is 0 Å². The van der Waals surface area contributed by atoms with Crippen molar-refractivity contribution in [2.45, 2.75) is 0 Å². The summed E-state index contributed by atoms with van der Waals surface area (Å²) in [5.74, 6) is 1.05. The molecular weight excluding hydrogens is 246 g/mol. The predicted octanol–water partition coefficient (Wildman–Crippen LogP) is 1.45. The summed E-state index contributed by atoms with van der Waals surface area (Å²) in [6, 6.07) is 6.02. The third-order valence-corrected chi connectivity index (χ3v) is 3.92. The first-order valence-corrected chi connectivity index (χ1v) is 6.77. The average Bonchev–Trinajstić information content (AvgIpc) is 2.87. The molecule has 5 nitrogen and oxygen atoms in total. The number of nitrogens with two attached hydrogens (primary N) is 1. The molecule has 0 aromatic carbocycles. The van der Waals surface area contributed by atoms with Gasteiger partial charge in [-0.1, -0.05) is 17.4 Å². The molecule has 0 saturated carbocycles. The summed E-state index contributed by atoms with van der Waals surface area (Å²) in [5, 5.41) is 1.80. The fourth-order valence-corrected chi connectivity index (χ4v) is 2.82. The van der Waals surface area contributed by atoms with Crippen molar-refractivity contribution in [2.75, 3.05) is 41.7 Å². The van der Waals surface area contributed by atoms with Crippen LogP contribution in [0.5, 0.6) is 0 Å². The Hall–Kier alpha value is -1.82. The van der Waals surface area contributed by atoms with E-state index in [4.69, 9.17) is 5.73 Å². The van der Waals surface area contributed by atoms with E-state index in [1.54, 1.807) is 17.5 Å². The number of nitrogen functional groups attached to an aromatic ring is 1. The molecule has 2 aromatic heterocycles. The maximum atomic E-state index is 5.71. The number of anilines is 3. The first-order chi connectivity index (χ1) is 8.83. The summed E-state index contributed by atoms with van der Waals surface area (Å²) in [7, 11) is 0. The molecule has 3 heterocycles. The van der Waals surface area contributed by atoms with E-state index in [2.05, 4.69) is 25.8 Å². The molecule has 1 aliphatic heterocycles. The number of piperazine rings is 1. The maximum Gasteiger partial charge on any atom is 0.187 e. The number of rotatable bonds is 2. The van der Waals surface area contributed by atoms with Gasteiger partial charge in [-0.2, -0.15) is 0 Å². The van der Waals surface area contributed by atoms with Gasteiger partial charge in [-0.25, -0.2) is 9.97 Å². The van der Waals surface area contributed by atoms with E-state index in [-0.39, 0.29) is 0 Å². The van der Waals surface area contributed by atoms with Gasteiger partial charge in [0.15, 0.2) is 5.13 Å². The van der Waals surface area contributed by atoms with Gasteiger partial charge in [-0.15, -0.1) is 0 Å². The van der Waals surface area contributed by atoms with Crippen molar-refractivity contribution >= 4 is 27.3 Å². The minimum absolute atomic E-state index is 0.775. The highest BCUT2D eigenvalue weighted by molar-refractivity contribution is 7.19. The van der Waals surface area contributed by atoms with Crippen molar-refractivity contribution in [1.82, 2.24) is 9.97 Å². The molecule has 94 valence electrons. The SMILES string of the molecule is Nc1cnc(N2CCN(c3ccccn3)CC2)s1. The first-order valence-electron chi connectivity index (χ1n) is 5.95. The average molecular weight is 261 g/mol. The van der Waals surface area contributed by atoms with Crippen LogP contribution in [0.25, 0.3) is 0 Å². The van der Waals surface area contributed by atoms with E-state index in [0.29, 0.717) is 0 Å². The molecule has 2 aromatic rings. The zero-order valence-corrected chi connectivity index (χ0v) is 10.8. The molecule has 18 heavy (non-hydrogen) atoms. The van der Waals surface area contributed by atoms with Crippen molar-refractivity contribution in [1.29, 1.82) is 0 Å². The van der Waals surface area contributed by atoms with Gasteiger partial charge < -0.3 is 15.5 Å². The Bertz CT molecular complexity index is 504. The topological polar surface area (TPSA) is 58.3 Å². The van der Waals surface area contributed by atoms with Crippen LogP contribution in [0.1, 0.15) is 0 Å². The lowest BCUT2D eigenvalue weighted by atomic mass is 10.3. The summed E-state index contributed by atoms with van der Waals surface area (Å²) < 4.78 is 0. The van der Waals surface area contributed by atoms with Crippen LogP contribution in [0.2, 0.25) is 0 Å². The Labute approximate surface area is 110 Å². The van der Waals surface area contributed by atoms with Gasteiger partial charge in [0.1, 0.15) is 10.8 Å². The predicted molar refractivity (Wildman–Crippen MR) is 75.2 cm³/mol. The summed E-state index contributed by atoms with van der Waals surface area (Å²) >= 11 is 1.55. The molecule has 0 radical (unpaired) electrons. The highest BCUT2D eigenvalue weighted by Gasteiger charge is 2.19. The summed E-state index contributed by atoms with van der Waals surface area (Å²) in [5.41, 5.74) is 5.71. The fraction of sp³-hybridized carbons (Fsp3) is 0.333. The van der Waals surface area contributed by atoms with Crippen molar-refractivity contribution in [2.24, 2.45) is 0 Å². The van der Waals surface area contributed by atoms with Crippen molar-refractivity contribution < 1.29 is 0 Å². The lowest BCUT2D eigenvalue weighted by Gasteiger charge is -2.35. The monoisotopic (exact) mass is 261 g/mol. The molecule has 1 fully saturated rings. The Balaban J connectivity index is 1.65. The number of aromatic nitrogens is 2. The molecule has 0 atom stereocenters. The first kappa shape index (κ1) is 11.3. The summed E-state index contributed by atoms with van der Waals surface area (Å²) in [4.78, 5) is 13.3. The molecule has 0 amide bonds. The normalized spacial score (nSPS) is 16.0. The van der Waals surface area contributed by atoms with E-state index in [9.17, 15) is 0 Å².